The molecule has 2 aromatic carbocycles. The molecule has 0 amide bonds. The fourth-order valence-corrected chi connectivity index (χ4v) is 2.27. The van der Waals surface area contributed by atoms with Crippen molar-refractivity contribution < 1.29 is 0 Å². The number of hydrogen-bond donors (Lipinski definition) is 0. The first-order valence-corrected chi connectivity index (χ1v) is 5.09. The smallest absolute Gasteiger partial charge is 0.0412 e. The second kappa shape index (κ2) is 2.86. The summed E-state index contributed by atoms with van der Waals surface area (Å²) in [5.74, 6) is 0. The third-order valence-electron chi connectivity index (χ3n) is 2.76. The highest BCUT2D eigenvalue weighted by atomic mass is 35.5. The molecule has 0 atom stereocenters. The van der Waals surface area contributed by atoms with Crippen molar-refractivity contribution in [3.8, 4) is 11.1 Å². The van der Waals surface area contributed by atoms with Crippen molar-refractivity contribution in [3.63, 3.8) is 0 Å². The van der Waals surface area contributed by atoms with Crippen LogP contribution in [0.25, 0.3) is 11.1 Å². The molecule has 0 N–H and O–H groups in total. The Morgan fingerprint density at radius 3 is 2.57 bits per heavy atom. The highest BCUT2D eigenvalue weighted by Gasteiger charge is 2.17. The summed E-state index contributed by atoms with van der Waals surface area (Å²) in [6.45, 7) is 0. The Balaban J connectivity index is 2.30. The normalized spacial score (nSPS) is 12.4. The minimum Gasteiger partial charge on any atom is -0.0843 e. The van der Waals surface area contributed by atoms with E-state index in [1.807, 2.05) is 6.07 Å². The van der Waals surface area contributed by atoms with Gasteiger partial charge in [0.25, 0.3) is 0 Å². The molecule has 0 spiro atoms. The lowest BCUT2D eigenvalue weighted by atomic mass is 10.1. The van der Waals surface area contributed by atoms with Crippen molar-refractivity contribution in [3.05, 3.63) is 58.6 Å². The molecule has 0 radical (unpaired) electrons. The van der Waals surface area contributed by atoms with Gasteiger partial charge in [0.15, 0.2) is 0 Å². The summed E-state index contributed by atoms with van der Waals surface area (Å²) >= 11 is 5.99. The van der Waals surface area contributed by atoms with Crippen LogP contribution in [-0.4, -0.2) is 0 Å². The molecule has 0 nitrogen and oxygen atoms in total. The minimum absolute atomic E-state index is 0.820. The van der Waals surface area contributed by atoms with E-state index in [1.165, 1.54) is 22.3 Å². The predicted molar refractivity (Wildman–Crippen MR) is 59.7 cm³/mol. The third kappa shape index (κ3) is 1.08. The Hall–Kier alpha value is -1.27. The molecule has 0 heterocycles. The number of benzene rings is 2. The van der Waals surface area contributed by atoms with Crippen molar-refractivity contribution in [2.75, 3.05) is 0 Å². The molecule has 0 aliphatic heterocycles. The summed E-state index contributed by atoms with van der Waals surface area (Å²) in [5.41, 5.74) is 5.43. The van der Waals surface area contributed by atoms with Gasteiger partial charge in [0.05, 0.1) is 0 Å². The Labute approximate surface area is 88.2 Å². The van der Waals surface area contributed by atoms with Gasteiger partial charge < -0.3 is 0 Å². The fourth-order valence-electron chi connectivity index (χ4n) is 2.10. The summed E-state index contributed by atoms with van der Waals surface area (Å²) in [4.78, 5) is 0. The molecule has 0 saturated heterocycles. The summed E-state index contributed by atoms with van der Waals surface area (Å²) in [6, 6.07) is 14.7. The minimum atomic E-state index is 0.820. The molecule has 2 aromatic rings. The Bertz CT molecular complexity index is 500. The summed E-state index contributed by atoms with van der Waals surface area (Å²) in [5, 5.41) is 0.820. The van der Waals surface area contributed by atoms with Crippen LogP contribution in [0.2, 0.25) is 5.02 Å². The Kier molecular flexibility index (Phi) is 1.65. The van der Waals surface area contributed by atoms with E-state index in [9.17, 15) is 0 Å². The topological polar surface area (TPSA) is 0 Å². The third-order valence-corrected chi connectivity index (χ3v) is 3.00. The van der Waals surface area contributed by atoms with Gasteiger partial charge in [-0.25, -0.2) is 0 Å². The van der Waals surface area contributed by atoms with Gasteiger partial charge in [-0.2, -0.15) is 0 Å². The molecule has 1 heteroatoms. The van der Waals surface area contributed by atoms with Crippen molar-refractivity contribution in [1.29, 1.82) is 0 Å². The maximum Gasteiger partial charge on any atom is 0.0412 e. The fraction of sp³-hybridized carbons (Fsp3) is 0.0769. The van der Waals surface area contributed by atoms with Gasteiger partial charge in [0, 0.05) is 5.02 Å². The predicted octanol–water partition coefficient (Wildman–Crippen LogP) is 3.91. The van der Waals surface area contributed by atoms with Gasteiger partial charge in [-0.3, -0.25) is 0 Å². The molecule has 14 heavy (non-hydrogen) atoms. The van der Waals surface area contributed by atoms with Gasteiger partial charge in [0.2, 0.25) is 0 Å². The molecule has 0 fully saturated rings. The van der Waals surface area contributed by atoms with Crippen LogP contribution in [0.15, 0.2) is 42.5 Å². The molecule has 3 rings (SSSR count). The van der Waals surface area contributed by atoms with E-state index in [4.69, 9.17) is 11.6 Å². The second-order valence-corrected chi connectivity index (χ2v) is 4.07. The zero-order valence-electron chi connectivity index (χ0n) is 7.63. The Morgan fingerprint density at radius 2 is 1.64 bits per heavy atom. The maximum atomic E-state index is 5.99. The molecule has 1 aliphatic carbocycles. The van der Waals surface area contributed by atoms with Crippen molar-refractivity contribution >= 4 is 11.6 Å². The van der Waals surface area contributed by atoms with E-state index >= 15 is 0 Å². The Morgan fingerprint density at radius 1 is 0.857 bits per heavy atom. The van der Waals surface area contributed by atoms with Crippen LogP contribution in [0, 0.1) is 0 Å². The first-order valence-electron chi connectivity index (χ1n) is 4.71. The van der Waals surface area contributed by atoms with Crippen LogP contribution >= 0.6 is 11.6 Å². The van der Waals surface area contributed by atoms with E-state index in [0.29, 0.717) is 0 Å². The molecule has 1 aliphatic rings. The lowest BCUT2D eigenvalue weighted by Gasteiger charge is -2.00. The van der Waals surface area contributed by atoms with Crippen molar-refractivity contribution in [1.82, 2.24) is 0 Å². The van der Waals surface area contributed by atoms with Crippen LogP contribution in [0.4, 0.5) is 0 Å². The van der Waals surface area contributed by atoms with E-state index in [1.54, 1.807) is 0 Å². The largest absolute Gasteiger partial charge is 0.0843 e. The lowest BCUT2D eigenvalue weighted by Crippen LogP contribution is -1.78. The van der Waals surface area contributed by atoms with Gasteiger partial charge in [0.1, 0.15) is 0 Å². The SMILES string of the molecule is Clc1ccc2c(c1)-c1ccccc1C2. The lowest BCUT2D eigenvalue weighted by molar-refractivity contribution is 1.26. The number of hydrogen-bond acceptors (Lipinski definition) is 0. The molecule has 0 bridgehead atoms. The van der Waals surface area contributed by atoms with Gasteiger partial charge in [-0.1, -0.05) is 41.9 Å². The first kappa shape index (κ1) is 8.07. The van der Waals surface area contributed by atoms with Crippen LogP contribution in [-0.2, 0) is 6.42 Å². The van der Waals surface area contributed by atoms with E-state index < -0.39 is 0 Å². The quantitative estimate of drug-likeness (QED) is 0.516. The molecule has 0 unspecified atom stereocenters. The number of rotatable bonds is 0. The first-order chi connectivity index (χ1) is 6.84. The van der Waals surface area contributed by atoms with Gasteiger partial charge in [-0.15, -0.1) is 0 Å². The van der Waals surface area contributed by atoms with Crippen LogP contribution < -0.4 is 0 Å². The summed E-state index contributed by atoms with van der Waals surface area (Å²) < 4.78 is 0. The van der Waals surface area contributed by atoms with Gasteiger partial charge in [-0.05, 0) is 40.8 Å². The van der Waals surface area contributed by atoms with Crippen LogP contribution in [0.5, 0.6) is 0 Å². The number of halogens is 1. The molecular weight excluding hydrogens is 192 g/mol. The molecule has 0 aromatic heterocycles. The van der Waals surface area contributed by atoms with Crippen molar-refractivity contribution in [2.45, 2.75) is 6.42 Å². The van der Waals surface area contributed by atoms with Crippen LogP contribution in [0.1, 0.15) is 11.1 Å². The standard InChI is InChI=1S/C13H9Cl/c14-11-6-5-10-7-9-3-1-2-4-12(9)13(10)8-11/h1-6,8H,7H2. The molecule has 0 saturated carbocycles. The zero-order valence-corrected chi connectivity index (χ0v) is 8.38. The molecular formula is C13H9Cl. The molecule has 68 valence electrons. The van der Waals surface area contributed by atoms with E-state index in [2.05, 4.69) is 36.4 Å². The number of fused-ring (bicyclic) bond motifs is 3. The monoisotopic (exact) mass is 200 g/mol. The average molecular weight is 201 g/mol. The van der Waals surface area contributed by atoms with Gasteiger partial charge >= 0.3 is 0 Å². The summed E-state index contributed by atoms with van der Waals surface area (Å²) in [6.07, 6.45) is 1.04. The van der Waals surface area contributed by atoms with Crippen molar-refractivity contribution in [2.24, 2.45) is 0 Å². The van der Waals surface area contributed by atoms with E-state index in [-0.39, 0.29) is 0 Å². The average Bonchev–Trinajstić information content (AvgIpc) is 2.56. The highest BCUT2D eigenvalue weighted by Crippen LogP contribution is 2.37. The highest BCUT2D eigenvalue weighted by molar-refractivity contribution is 6.31. The maximum absolute atomic E-state index is 5.99. The zero-order chi connectivity index (χ0) is 9.54. The second-order valence-electron chi connectivity index (χ2n) is 3.64. The van der Waals surface area contributed by atoms with E-state index in [0.717, 1.165) is 11.4 Å². The van der Waals surface area contributed by atoms with Crippen LogP contribution in [0.3, 0.4) is 0 Å². The summed E-state index contributed by atoms with van der Waals surface area (Å²) in [7, 11) is 0.